The van der Waals surface area contributed by atoms with E-state index >= 15 is 0 Å². The van der Waals surface area contributed by atoms with E-state index in [1.54, 1.807) is 0 Å². The van der Waals surface area contributed by atoms with Gasteiger partial charge in [0.05, 0.1) is 19.7 Å². The fraction of sp³-hybridized carbons (Fsp3) is 1.00. The zero-order chi connectivity index (χ0) is 7.94. The molecule has 2 N–H and O–H groups in total. The summed E-state index contributed by atoms with van der Waals surface area (Å²) in [5.74, 6) is 0.840. The highest BCUT2D eigenvalue weighted by Crippen LogP contribution is 2.03. The first-order chi connectivity index (χ1) is 5.43. The van der Waals surface area contributed by atoms with Crippen LogP contribution in [0, 0.1) is 5.92 Å². The predicted octanol–water partition coefficient (Wildman–Crippen LogP) is 0.386. The lowest BCUT2D eigenvalue weighted by atomic mass is 10.1. The fourth-order valence-electron chi connectivity index (χ4n) is 1.47. The van der Waals surface area contributed by atoms with Crippen LogP contribution in [0.5, 0.6) is 0 Å². The van der Waals surface area contributed by atoms with E-state index in [4.69, 9.17) is 4.74 Å². The van der Waals surface area contributed by atoms with Crippen molar-refractivity contribution in [2.24, 2.45) is 5.92 Å². The Balaban J connectivity index is 1.86. The molecule has 1 saturated heterocycles. The first-order valence-corrected chi connectivity index (χ1v) is 4.83. The van der Waals surface area contributed by atoms with E-state index in [2.05, 4.69) is 12.2 Å². The highest BCUT2D eigenvalue weighted by Gasteiger charge is 2.17. The van der Waals surface area contributed by atoms with Gasteiger partial charge in [-0.25, -0.2) is 0 Å². The molecule has 0 saturated carbocycles. The standard InChI is InChI=1S/C9H19NO/c1-2-3-6-11-8-9-4-5-10-7-9/h9-10H,2-8H2,1H3/p+1. The summed E-state index contributed by atoms with van der Waals surface area (Å²) in [4.78, 5) is 0. The number of unbranched alkanes of at least 4 members (excludes halogenated alkanes) is 1. The van der Waals surface area contributed by atoms with Crippen molar-refractivity contribution in [1.82, 2.24) is 0 Å². The molecule has 0 aromatic carbocycles. The summed E-state index contributed by atoms with van der Waals surface area (Å²) in [6, 6.07) is 0. The van der Waals surface area contributed by atoms with Crippen LogP contribution in [0.1, 0.15) is 26.2 Å². The molecule has 1 aliphatic rings. The molecular weight excluding hydrogens is 138 g/mol. The quantitative estimate of drug-likeness (QED) is 0.575. The van der Waals surface area contributed by atoms with E-state index in [0.717, 1.165) is 19.1 Å². The van der Waals surface area contributed by atoms with Gasteiger partial charge in [0.1, 0.15) is 0 Å². The van der Waals surface area contributed by atoms with E-state index in [-0.39, 0.29) is 0 Å². The number of nitrogens with two attached hydrogens (primary N) is 1. The van der Waals surface area contributed by atoms with Crippen LogP contribution in [0.4, 0.5) is 0 Å². The third-order valence-electron chi connectivity index (χ3n) is 2.27. The minimum Gasteiger partial charge on any atom is -0.381 e. The van der Waals surface area contributed by atoms with Crippen molar-refractivity contribution in [3.8, 4) is 0 Å². The van der Waals surface area contributed by atoms with Gasteiger partial charge in [0, 0.05) is 18.9 Å². The molecule has 1 unspecified atom stereocenters. The van der Waals surface area contributed by atoms with Gasteiger partial charge in [-0.15, -0.1) is 0 Å². The number of hydrogen-bond donors (Lipinski definition) is 1. The van der Waals surface area contributed by atoms with E-state index in [9.17, 15) is 0 Å². The monoisotopic (exact) mass is 158 g/mol. The molecule has 11 heavy (non-hydrogen) atoms. The molecule has 1 aliphatic heterocycles. The average Bonchev–Trinajstić information content (AvgIpc) is 2.50. The van der Waals surface area contributed by atoms with E-state index < -0.39 is 0 Å². The molecule has 1 rings (SSSR count). The normalized spacial score (nSPS) is 24.3. The second-order valence-corrected chi connectivity index (χ2v) is 3.40. The van der Waals surface area contributed by atoms with E-state index in [1.165, 1.54) is 32.4 Å². The van der Waals surface area contributed by atoms with Crippen molar-refractivity contribution in [1.29, 1.82) is 0 Å². The van der Waals surface area contributed by atoms with Crippen molar-refractivity contribution in [3.05, 3.63) is 0 Å². The molecule has 1 atom stereocenters. The van der Waals surface area contributed by atoms with Crippen LogP contribution < -0.4 is 5.32 Å². The maximum absolute atomic E-state index is 5.54. The average molecular weight is 158 g/mol. The van der Waals surface area contributed by atoms with Crippen molar-refractivity contribution >= 4 is 0 Å². The Hall–Kier alpha value is -0.0800. The maximum atomic E-state index is 5.54. The molecule has 1 heterocycles. The van der Waals surface area contributed by atoms with Crippen LogP contribution in [-0.4, -0.2) is 26.3 Å². The largest absolute Gasteiger partial charge is 0.381 e. The lowest BCUT2D eigenvalue weighted by molar-refractivity contribution is -0.638. The summed E-state index contributed by atoms with van der Waals surface area (Å²) in [6.07, 6.45) is 3.82. The molecule has 0 aliphatic carbocycles. The van der Waals surface area contributed by atoms with Gasteiger partial charge in [-0.05, 0) is 6.42 Å². The van der Waals surface area contributed by atoms with Gasteiger partial charge in [0.25, 0.3) is 0 Å². The van der Waals surface area contributed by atoms with Gasteiger partial charge in [-0.2, -0.15) is 0 Å². The Labute approximate surface area is 69.3 Å². The number of hydrogen-bond acceptors (Lipinski definition) is 1. The van der Waals surface area contributed by atoms with E-state index in [0.29, 0.717) is 0 Å². The molecule has 0 aromatic heterocycles. The van der Waals surface area contributed by atoms with Gasteiger partial charge in [0.2, 0.25) is 0 Å². The SMILES string of the molecule is CCCCOCC1CC[NH2+]C1. The zero-order valence-electron chi connectivity index (χ0n) is 7.51. The number of quaternary nitrogens is 1. The lowest BCUT2D eigenvalue weighted by Crippen LogP contribution is -2.81. The molecule has 0 aromatic rings. The van der Waals surface area contributed by atoms with Gasteiger partial charge in [-0.3, -0.25) is 0 Å². The summed E-state index contributed by atoms with van der Waals surface area (Å²) in [6.45, 7) is 6.75. The molecule has 0 spiro atoms. The fourth-order valence-corrected chi connectivity index (χ4v) is 1.47. The van der Waals surface area contributed by atoms with Gasteiger partial charge < -0.3 is 10.1 Å². The summed E-state index contributed by atoms with van der Waals surface area (Å²) >= 11 is 0. The van der Waals surface area contributed by atoms with Crippen LogP contribution in [0.25, 0.3) is 0 Å². The Morgan fingerprint density at radius 1 is 1.55 bits per heavy atom. The molecule has 66 valence electrons. The Morgan fingerprint density at radius 3 is 3.09 bits per heavy atom. The molecular formula is C9H20NO+. The van der Waals surface area contributed by atoms with Gasteiger partial charge >= 0.3 is 0 Å². The Bertz CT molecular complexity index is 89.6. The molecule has 2 heteroatoms. The lowest BCUT2D eigenvalue weighted by Gasteiger charge is -2.06. The minimum absolute atomic E-state index is 0.840. The topological polar surface area (TPSA) is 25.8 Å². The highest BCUT2D eigenvalue weighted by atomic mass is 16.5. The van der Waals surface area contributed by atoms with E-state index in [1.807, 2.05) is 0 Å². The molecule has 0 radical (unpaired) electrons. The zero-order valence-corrected chi connectivity index (χ0v) is 7.51. The second kappa shape index (κ2) is 5.56. The highest BCUT2D eigenvalue weighted by molar-refractivity contribution is 4.58. The molecule has 2 nitrogen and oxygen atoms in total. The minimum atomic E-state index is 0.840. The maximum Gasteiger partial charge on any atom is 0.0808 e. The van der Waals surface area contributed by atoms with Crippen molar-refractivity contribution in [2.75, 3.05) is 26.3 Å². The van der Waals surface area contributed by atoms with Crippen LogP contribution in [0.15, 0.2) is 0 Å². The smallest absolute Gasteiger partial charge is 0.0808 e. The predicted molar refractivity (Wildman–Crippen MR) is 45.5 cm³/mol. The van der Waals surface area contributed by atoms with Crippen LogP contribution in [0.3, 0.4) is 0 Å². The summed E-state index contributed by atoms with van der Waals surface area (Å²) < 4.78 is 5.54. The number of rotatable bonds is 5. The van der Waals surface area contributed by atoms with Crippen molar-refractivity contribution < 1.29 is 10.1 Å². The van der Waals surface area contributed by atoms with Gasteiger partial charge in [0.15, 0.2) is 0 Å². The van der Waals surface area contributed by atoms with Gasteiger partial charge in [-0.1, -0.05) is 13.3 Å². The molecule has 1 fully saturated rings. The third kappa shape index (κ3) is 3.73. The van der Waals surface area contributed by atoms with Crippen LogP contribution >= 0.6 is 0 Å². The number of ether oxygens (including phenoxy) is 1. The summed E-state index contributed by atoms with van der Waals surface area (Å²) in [5, 5.41) is 2.38. The summed E-state index contributed by atoms with van der Waals surface area (Å²) in [5.41, 5.74) is 0. The first kappa shape index (κ1) is 9.01. The Morgan fingerprint density at radius 2 is 2.45 bits per heavy atom. The summed E-state index contributed by atoms with van der Waals surface area (Å²) in [7, 11) is 0. The van der Waals surface area contributed by atoms with Crippen molar-refractivity contribution in [2.45, 2.75) is 26.2 Å². The van der Waals surface area contributed by atoms with Crippen LogP contribution in [0.2, 0.25) is 0 Å². The van der Waals surface area contributed by atoms with Crippen molar-refractivity contribution in [3.63, 3.8) is 0 Å². The Kier molecular flexibility index (Phi) is 4.55. The molecule has 0 amide bonds. The first-order valence-electron chi connectivity index (χ1n) is 4.83. The third-order valence-corrected chi connectivity index (χ3v) is 2.27. The second-order valence-electron chi connectivity index (χ2n) is 3.40. The van der Waals surface area contributed by atoms with Crippen LogP contribution in [-0.2, 0) is 4.74 Å². The molecule has 0 bridgehead atoms.